The van der Waals surface area contributed by atoms with E-state index in [9.17, 15) is 4.79 Å². The van der Waals surface area contributed by atoms with Gasteiger partial charge in [0.05, 0.1) is 11.1 Å². The van der Waals surface area contributed by atoms with Crippen molar-refractivity contribution >= 4 is 21.8 Å². The highest BCUT2D eigenvalue weighted by Gasteiger charge is 2.28. The highest BCUT2D eigenvalue weighted by Crippen LogP contribution is 2.18. The number of amides is 1. The first-order valence-electron chi connectivity index (χ1n) is 5.62. The van der Waals surface area contributed by atoms with E-state index in [0.29, 0.717) is 17.3 Å². The van der Waals surface area contributed by atoms with Crippen LogP contribution in [0.25, 0.3) is 0 Å². The molecule has 0 spiro atoms. The molecule has 0 saturated heterocycles. The van der Waals surface area contributed by atoms with Crippen LogP contribution in [-0.2, 0) is 5.54 Å². The van der Waals surface area contributed by atoms with Crippen LogP contribution in [-0.4, -0.2) is 21.0 Å². The summed E-state index contributed by atoms with van der Waals surface area (Å²) in [6.07, 6.45) is 3.11. The van der Waals surface area contributed by atoms with Gasteiger partial charge in [0.1, 0.15) is 0 Å². The maximum Gasteiger partial charge on any atom is 0.253 e. The van der Waals surface area contributed by atoms with Crippen LogP contribution in [0.5, 0.6) is 0 Å². The fourth-order valence-corrected chi connectivity index (χ4v) is 1.87. The number of hydrogen-bond donors (Lipinski definition) is 1. The Morgan fingerprint density at radius 3 is 2.74 bits per heavy atom. The standard InChI is InChI=1S/C12H13BrN4O2/c1-7-15-11(17-19-7)12(2,3)16-10(18)8-4-9(13)6-14-5-8/h4-6H,1-3H3,(H,16,18). The molecule has 0 aliphatic carbocycles. The predicted molar refractivity (Wildman–Crippen MR) is 71.5 cm³/mol. The Morgan fingerprint density at radius 1 is 1.42 bits per heavy atom. The van der Waals surface area contributed by atoms with Gasteiger partial charge in [0.15, 0.2) is 5.82 Å². The van der Waals surface area contributed by atoms with E-state index in [0.717, 1.165) is 4.47 Å². The molecule has 0 atom stereocenters. The van der Waals surface area contributed by atoms with Crippen molar-refractivity contribution in [3.05, 3.63) is 40.2 Å². The Bertz CT molecular complexity index is 609. The summed E-state index contributed by atoms with van der Waals surface area (Å²) in [7, 11) is 0. The molecule has 0 aromatic carbocycles. The minimum atomic E-state index is -0.725. The summed E-state index contributed by atoms with van der Waals surface area (Å²) in [6.45, 7) is 5.31. The molecule has 0 saturated carbocycles. The average Bonchev–Trinajstić information content (AvgIpc) is 2.76. The topological polar surface area (TPSA) is 80.9 Å². The highest BCUT2D eigenvalue weighted by molar-refractivity contribution is 9.10. The molecule has 2 heterocycles. The number of nitrogens with one attached hydrogen (secondary N) is 1. The third-order valence-corrected chi connectivity index (χ3v) is 2.91. The molecule has 2 aromatic rings. The molecular weight excluding hydrogens is 312 g/mol. The second-order valence-corrected chi connectivity index (χ2v) is 5.52. The highest BCUT2D eigenvalue weighted by atomic mass is 79.9. The number of nitrogens with zero attached hydrogens (tertiary/aromatic N) is 3. The lowest BCUT2D eigenvalue weighted by Crippen LogP contribution is -2.41. The first-order chi connectivity index (χ1) is 8.88. The zero-order valence-electron chi connectivity index (χ0n) is 10.8. The molecule has 0 bridgehead atoms. The van der Waals surface area contributed by atoms with E-state index in [-0.39, 0.29) is 5.91 Å². The van der Waals surface area contributed by atoms with Gasteiger partial charge in [0.2, 0.25) is 5.89 Å². The van der Waals surface area contributed by atoms with Gasteiger partial charge < -0.3 is 9.84 Å². The molecule has 0 aliphatic heterocycles. The number of aryl methyl sites for hydroxylation is 1. The van der Waals surface area contributed by atoms with E-state index >= 15 is 0 Å². The lowest BCUT2D eigenvalue weighted by molar-refractivity contribution is 0.0907. The zero-order chi connectivity index (χ0) is 14.0. The van der Waals surface area contributed by atoms with Gasteiger partial charge in [-0.3, -0.25) is 9.78 Å². The van der Waals surface area contributed by atoms with Crippen LogP contribution in [0.15, 0.2) is 27.5 Å². The maximum absolute atomic E-state index is 12.1. The number of carbonyl (C=O) groups excluding carboxylic acids is 1. The summed E-state index contributed by atoms with van der Waals surface area (Å²) in [5.41, 5.74) is -0.264. The Morgan fingerprint density at radius 2 is 2.16 bits per heavy atom. The van der Waals surface area contributed by atoms with Crippen LogP contribution in [0.2, 0.25) is 0 Å². The van der Waals surface area contributed by atoms with Crippen LogP contribution in [0, 0.1) is 6.92 Å². The van der Waals surface area contributed by atoms with Crippen LogP contribution in [0.3, 0.4) is 0 Å². The van der Waals surface area contributed by atoms with Gasteiger partial charge in [-0.05, 0) is 35.8 Å². The summed E-state index contributed by atoms with van der Waals surface area (Å²) in [5, 5.41) is 6.67. The Hall–Kier alpha value is -1.76. The number of aromatic nitrogens is 3. The number of rotatable bonds is 3. The zero-order valence-corrected chi connectivity index (χ0v) is 12.4. The summed E-state index contributed by atoms with van der Waals surface area (Å²) in [5.74, 6) is 0.643. The number of hydrogen-bond acceptors (Lipinski definition) is 5. The van der Waals surface area contributed by atoms with Crippen molar-refractivity contribution < 1.29 is 9.32 Å². The number of carbonyl (C=O) groups is 1. The normalized spacial score (nSPS) is 11.4. The van der Waals surface area contributed by atoms with Gasteiger partial charge in [0, 0.05) is 23.8 Å². The van der Waals surface area contributed by atoms with Crippen molar-refractivity contribution in [2.24, 2.45) is 0 Å². The number of pyridine rings is 1. The Kier molecular flexibility index (Phi) is 3.66. The third kappa shape index (κ3) is 3.17. The predicted octanol–water partition coefficient (Wildman–Crippen LogP) is 2.20. The van der Waals surface area contributed by atoms with E-state index in [1.165, 1.54) is 6.20 Å². The monoisotopic (exact) mass is 324 g/mol. The molecule has 0 fully saturated rings. The molecule has 100 valence electrons. The molecule has 0 radical (unpaired) electrons. The van der Waals surface area contributed by atoms with Gasteiger partial charge in [-0.25, -0.2) is 0 Å². The molecule has 0 aliphatic rings. The molecule has 0 unspecified atom stereocenters. The van der Waals surface area contributed by atoms with E-state index in [2.05, 4.69) is 36.4 Å². The number of halogens is 1. The lowest BCUT2D eigenvalue weighted by Gasteiger charge is -2.22. The second-order valence-electron chi connectivity index (χ2n) is 4.61. The molecule has 7 heteroatoms. The average molecular weight is 325 g/mol. The van der Waals surface area contributed by atoms with Crippen LogP contribution < -0.4 is 5.32 Å². The van der Waals surface area contributed by atoms with Crippen molar-refractivity contribution in [3.63, 3.8) is 0 Å². The molecule has 1 N–H and O–H groups in total. The van der Waals surface area contributed by atoms with Crippen molar-refractivity contribution in [1.82, 2.24) is 20.4 Å². The smallest absolute Gasteiger partial charge is 0.253 e. The molecule has 19 heavy (non-hydrogen) atoms. The Labute approximate surface area is 118 Å². The summed E-state index contributed by atoms with van der Waals surface area (Å²) >= 11 is 3.28. The SMILES string of the molecule is Cc1nc(C(C)(C)NC(=O)c2cncc(Br)c2)no1. The molecule has 2 rings (SSSR count). The van der Waals surface area contributed by atoms with Crippen LogP contribution in [0.1, 0.15) is 35.9 Å². The molecule has 1 amide bonds. The summed E-state index contributed by atoms with van der Waals surface area (Å²) in [6, 6.07) is 1.69. The van der Waals surface area contributed by atoms with Gasteiger partial charge in [0.25, 0.3) is 5.91 Å². The summed E-state index contributed by atoms with van der Waals surface area (Å²) < 4.78 is 5.67. The van der Waals surface area contributed by atoms with Crippen molar-refractivity contribution in [3.8, 4) is 0 Å². The van der Waals surface area contributed by atoms with Crippen LogP contribution >= 0.6 is 15.9 Å². The molecule has 2 aromatic heterocycles. The summed E-state index contributed by atoms with van der Waals surface area (Å²) in [4.78, 5) is 20.2. The van der Waals surface area contributed by atoms with Gasteiger partial charge in [-0.1, -0.05) is 5.16 Å². The largest absolute Gasteiger partial charge is 0.340 e. The van der Waals surface area contributed by atoms with Gasteiger partial charge in [-0.15, -0.1) is 0 Å². The van der Waals surface area contributed by atoms with Gasteiger partial charge in [-0.2, -0.15) is 4.98 Å². The fourth-order valence-electron chi connectivity index (χ4n) is 1.50. The second kappa shape index (κ2) is 5.08. The minimum absolute atomic E-state index is 0.249. The Balaban J connectivity index is 2.18. The van der Waals surface area contributed by atoms with E-state index in [4.69, 9.17) is 4.52 Å². The van der Waals surface area contributed by atoms with E-state index in [1.807, 2.05) is 0 Å². The maximum atomic E-state index is 12.1. The van der Waals surface area contributed by atoms with Gasteiger partial charge >= 0.3 is 0 Å². The first kappa shape index (κ1) is 13.7. The first-order valence-corrected chi connectivity index (χ1v) is 6.41. The van der Waals surface area contributed by atoms with E-state index in [1.54, 1.807) is 33.0 Å². The lowest BCUT2D eigenvalue weighted by atomic mass is 10.0. The molecule has 6 nitrogen and oxygen atoms in total. The van der Waals surface area contributed by atoms with E-state index < -0.39 is 5.54 Å². The fraction of sp³-hybridized carbons (Fsp3) is 0.333. The van der Waals surface area contributed by atoms with Crippen LogP contribution in [0.4, 0.5) is 0 Å². The molecular formula is C12H13BrN4O2. The minimum Gasteiger partial charge on any atom is -0.340 e. The quantitative estimate of drug-likeness (QED) is 0.936. The van der Waals surface area contributed by atoms with Crippen molar-refractivity contribution in [2.45, 2.75) is 26.3 Å². The van der Waals surface area contributed by atoms with Crippen molar-refractivity contribution in [2.75, 3.05) is 0 Å². The third-order valence-electron chi connectivity index (χ3n) is 2.48. The van der Waals surface area contributed by atoms with Crippen molar-refractivity contribution in [1.29, 1.82) is 0 Å².